The lowest BCUT2D eigenvalue weighted by atomic mass is 10.1. The fraction of sp³-hybridized carbons (Fsp3) is 0.438. The van der Waals surface area contributed by atoms with E-state index in [0.29, 0.717) is 36.5 Å². The van der Waals surface area contributed by atoms with E-state index in [9.17, 15) is 13.6 Å². The van der Waals surface area contributed by atoms with Crippen molar-refractivity contribution in [3.63, 3.8) is 0 Å². The smallest absolute Gasteiger partial charge is 0.249 e. The molecule has 23 heavy (non-hydrogen) atoms. The van der Waals surface area contributed by atoms with E-state index in [0.717, 1.165) is 12.5 Å². The van der Waals surface area contributed by atoms with Gasteiger partial charge in [-0.25, -0.2) is 8.78 Å². The molecule has 1 atom stereocenters. The van der Waals surface area contributed by atoms with Crippen molar-refractivity contribution >= 4 is 5.91 Å². The van der Waals surface area contributed by atoms with E-state index in [1.165, 1.54) is 17.0 Å². The normalized spacial score (nSPS) is 18.0. The van der Waals surface area contributed by atoms with Crippen molar-refractivity contribution < 1.29 is 18.1 Å². The van der Waals surface area contributed by atoms with Gasteiger partial charge in [0.15, 0.2) is 5.82 Å². The lowest BCUT2D eigenvalue weighted by Gasteiger charge is -2.22. The number of rotatable bonds is 5. The summed E-state index contributed by atoms with van der Waals surface area (Å²) in [6, 6.07) is 2.92. The van der Waals surface area contributed by atoms with Gasteiger partial charge in [-0.1, -0.05) is 12.1 Å². The van der Waals surface area contributed by atoms with Crippen LogP contribution in [0.4, 0.5) is 8.78 Å². The van der Waals surface area contributed by atoms with Gasteiger partial charge >= 0.3 is 0 Å². The second kappa shape index (κ2) is 6.44. The molecule has 1 aromatic heterocycles. The molecule has 1 amide bonds. The van der Waals surface area contributed by atoms with E-state index in [1.807, 2.05) is 6.92 Å². The Kier molecular flexibility index (Phi) is 4.36. The lowest BCUT2D eigenvalue weighted by Crippen LogP contribution is -2.27. The highest BCUT2D eigenvalue weighted by atomic mass is 19.1. The Hall–Kier alpha value is -2.31. The van der Waals surface area contributed by atoms with Crippen molar-refractivity contribution in [1.29, 1.82) is 0 Å². The van der Waals surface area contributed by atoms with Crippen LogP contribution < -0.4 is 0 Å². The number of likely N-dealkylation sites (tertiary alicyclic amines) is 1. The number of hydrogen-bond donors (Lipinski definition) is 0. The Labute approximate surface area is 132 Å². The largest absolute Gasteiger partial charge is 0.337 e. The minimum Gasteiger partial charge on any atom is -0.337 e. The van der Waals surface area contributed by atoms with Crippen LogP contribution in [0, 0.1) is 11.6 Å². The topological polar surface area (TPSA) is 59.2 Å². The monoisotopic (exact) mass is 321 g/mol. The summed E-state index contributed by atoms with van der Waals surface area (Å²) in [6.07, 6.45) is 2.52. The van der Waals surface area contributed by atoms with Crippen LogP contribution in [0.15, 0.2) is 22.7 Å². The number of aromatic nitrogens is 2. The van der Waals surface area contributed by atoms with Gasteiger partial charge in [-0.3, -0.25) is 4.79 Å². The first-order valence-electron chi connectivity index (χ1n) is 7.63. The molecule has 122 valence electrons. The fourth-order valence-corrected chi connectivity index (χ4v) is 2.82. The van der Waals surface area contributed by atoms with Crippen molar-refractivity contribution in [3.8, 4) is 0 Å². The first-order valence-corrected chi connectivity index (χ1v) is 7.63. The molecular weight excluding hydrogens is 304 g/mol. The summed E-state index contributed by atoms with van der Waals surface area (Å²) in [5.41, 5.74) is 0.399. The summed E-state index contributed by atoms with van der Waals surface area (Å²) < 4.78 is 31.9. The number of hydrogen-bond acceptors (Lipinski definition) is 4. The maximum Gasteiger partial charge on any atom is 0.249 e. The molecule has 0 N–H and O–H groups in total. The van der Waals surface area contributed by atoms with Crippen LogP contribution in [0.25, 0.3) is 0 Å². The Morgan fingerprint density at radius 3 is 2.74 bits per heavy atom. The Bertz CT molecular complexity index is 697. The summed E-state index contributed by atoms with van der Waals surface area (Å²) >= 11 is 0. The summed E-state index contributed by atoms with van der Waals surface area (Å²) in [5.74, 6) is -0.415. The molecule has 0 radical (unpaired) electrons. The molecule has 0 spiro atoms. The summed E-state index contributed by atoms with van der Waals surface area (Å²) in [7, 11) is 0. The van der Waals surface area contributed by atoms with Crippen LogP contribution in [0.1, 0.15) is 49.5 Å². The minimum atomic E-state index is -0.661. The molecule has 2 heterocycles. The van der Waals surface area contributed by atoms with Crippen molar-refractivity contribution in [2.75, 3.05) is 0 Å². The number of carbonyl (C=O) groups is 1. The fourth-order valence-electron chi connectivity index (χ4n) is 2.82. The summed E-state index contributed by atoms with van der Waals surface area (Å²) in [4.78, 5) is 18.0. The van der Waals surface area contributed by atoms with Crippen LogP contribution in [0.3, 0.4) is 0 Å². The van der Waals surface area contributed by atoms with Gasteiger partial charge < -0.3 is 9.42 Å². The molecule has 0 aliphatic carbocycles. The first-order chi connectivity index (χ1) is 11.1. The Balaban J connectivity index is 1.81. The second-order valence-electron chi connectivity index (χ2n) is 5.65. The van der Waals surface area contributed by atoms with Gasteiger partial charge in [-0.15, -0.1) is 0 Å². The average Bonchev–Trinajstić information content (AvgIpc) is 3.06. The number of amides is 1. The number of nitrogens with zero attached hydrogens (tertiary/aromatic N) is 3. The molecule has 5 nitrogen and oxygen atoms in total. The van der Waals surface area contributed by atoms with E-state index in [1.54, 1.807) is 0 Å². The molecule has 1 saturated heterocycles. The highest BCUT2D eigenvalue weighted by Crippen LogP contribution is 2.33. The van der Waals surface area contributed by atoms with Crippen molar-refractivity contribution in [2.24, 2.45) is 0 Å². The second-order valence-corrected chi connectivity index (χ2v) is 5.65. The van der Waals surface area contributed by atoms with Crippen molar-refractivity contribution in [3.05, 3.63) is 47.1 Å². The number of halogens is 2. The molecule has 3 rings (SSSR count). The molecule has 0 saturated carbocycles. The van der Waals surface area contributed by atoms with Gasteiger partial charge in [0.25, 0.3) is 0 Å². The molecule has 1 unspecified atom stereocenters. The summed E-state index contributed by atoms with van der Waals surface area (Å²) in [6.45, 7) is 2.13. The van der Waals surface area contributed by atoms with Gasteiger partial charge in [-0.2, -0.15) is 4.98 Å². The van der Waals surface area contributed by atoms with Gasteiger partial charge in [-0.05, 0) is 30.5 Å². The number of aryl methyl sites for hydroxylation is 1. The zero-order chi connectivity index (χ0) is 16.4. The maximum atomic E-state index is 13.3. The standard InChI is InChI=1S/C16H17F2N3O2/c1-2-3-14-19-16(23-20-14)13-4-5-15(22)21(13)9-10-6-11(17)8-12(18)7-10/h6-8,13H,2-5,9H2,1H3. The summed E-state index contributed by atoms with van der Waals surface area (Å²) in [5, 5.41) is 3.90. The van der Waals surface area contributed by atoms with Crippen LogP contribution in [0.5, 0.6) is 0 Å². The molecule has 1 fully saturated rings. The molecule has 1 aromatic carbocycles. The Morgan fingerprint density at radius 2 is 2.04 bits per heavy atom. The van der Waals surface area contributed by atoms with Gasteiger partial charge in [0, 0.05) is 25.5 Å². The molecular formula is C16H17F2N3O2. The van der Waals surface area contributed by atoms with Gasteiger partial charge in [0.1, 0.15) is 17.7 Å². The average molecular weight is 321 g/mol. The van der Waals surface area contributed by atoms with Crippen LogP contribution >= 0.6 is 0 Å². The first kappa shape index (κ1) is 15.6. The van der Waals surface area contributed by atoms with E-state index < -0.39 is 11.6 Å². The number of benzene rings is 1. The molecule has 7 heteroatoms. The third-order valence-electron chi connectivity index (χ3n) is 3.85. The maximum absolute atomic E-state index is 13.3. The molecule has 1 aliphatic rings. The third-order valence-corrected chi connectivity index (χ3v) is 3.85. The SMILES string of the molecule is CCCc1noc(C2CCC(=O)N2Cc2cc(F)cc(F)c2)n1. The van der Waals surface area contributed by atoms with Gasteiger partial charge in [0.05, 0.1) is 0 Å². The minimum absolute atomic E-state index is 0.0880. The van der Waals surface area contributed by atoms with Gasteiger partial charge in [0.2, 0.25) is 11.8 Å². The quantitative estimate of drug-likeness (QED) is 0.849. The predicted octanol–water partition coefficient (Wildman–Crippen LogP) is 3.16. The van der Waals surface area contributed by atoms with E-state index in [2.05, 4.69) is 10.1 Å². The van der Waals surface area contributed by atoms with E-state index >= 15 is 0 Å². The molecule has 1 aliphatic heterocycles. The third kappa shape index (κ3) is 3.38. The van der Waals surface area contributed by atoms with Crippen LogP contribution in [0.2, 0.25) is 0 Å². The zero-order valence-corrected chi connectivity index (χ0v) is 12.8. The lowest BCUT2D eigenvalue weighted by molar-refractivity contribution is -0.130. The molecule has 0 bridgehead atoms. The van der Waals surface area contributed by atoms with Crippen LogP contribution in [-0.2, 0) is 17.8 Å². The molecule has 2 aromatic rings. The van der Waals surface area contributed by atoms with Crippen molar-refractivity contribution in [2.45, 2.75) is 45.2 Å². The highest BCUT2D eigenvalue weighted by Gasteiger charge is 2.35. The number of carbonyl (C=O) groups excluding carboxylic acids is 1. The van der Waals surface area contributed by atoms with Crippen LogP contribution in [-0.4, -0.2) is 20.9 Å². The van der Waals surface area contributed by atoms with E-state index in [-0.39, 0.29) is 18.5 Å². The zero-order valence-electron chi connectivity index (χ0n) is 12.8. The predicted molar refractivity (Wildman–Crippen MR) is 77.2 cm³/mol. The van der Waals surface area contributed by atoms with E-state index in [4.69, 9.17) is 4.52 Å². The Morgan fingerprint density at radius 1 is 1.30 bits per heavy atom. The highest BCUT2D eigenvalue weighted by molar-refractivity contribution is 5.78. The van der Waals surface area contributed by atoms with Crippen molar-refractivity contribution in [1.82, 2.24) is 15.0 Å².